The van der Waals surface area contributed by atoms with Crippen molar-refractivity contribution in [2.45, 2.75) is 32.0 Å². The summed E-state index contributed by atoms with van der Waals surface area (Å²) in [6.45, 7) is 1.98. The summed E-state index contributed by atoms with van der Waals surface area (Å²) in [5.41, 5.74) is 2.82. The Morgan fingerprint density at radius 2 is 1.97 bits per heavy atom. The molecule has 1 aromatic heterocycles. The molecule has 2 heterocycles. The van der Waals surface area contributed by atoms with Crippen molar-refractivity contribution in [3.8, 4) is 17.2 Å². The second-order valence-electron chi connectivity index (χ2n) is 7.09. The van der Waals surface area contributed by atoms with E-state index in [-0.39, 0.29) is 12.0 Å². The van der Waals surface area contributed by atoms with Crippen molar-refractivity contribution in [3.05, 3.63) is 72.1 Å². The molecule has 6 nitrogen and oxygen atoms in total. The van der Waals surface area contributed by atoms with E-state index in [9.17, 15) is 4.79 Å². The third-order valence-corrected chi connectivity index (χ3v) is 5.11. The standard InChI is InChI=1S/C23H24N2O4/c1-27-23(26)21-8-5-13-25(21)14-17-9-11-20(12-10-17)28-15-19-16-29-22(24-19)18-6-3-2-4-7-18/h2-4,6-7,9-12,16,21H,5,8,13-15H2,1H3. The number of nitrogens with zero attached hydrogens (tertiary/aromatic N) is 2. The number of esters is 1. The van der Waals surface area contributed by atoms with Gasteiger partial charge in [-0.1, -0.05) is 30.3 Å². The highest BCUT2D eigenvalue weighted by Crippen LogP contribution is 2.23. The molecule has 0 saturated carbocycles. The molecule has 3 aromatic rings. The van der Waals surface area contributed by atoms with Crippen LogP contribution in [0.3, 0.4) is 0 Å². The number of oxazole rings is 1. The predicted octanol–water partition coefficient (Wildman–Crippen LogP) is 4.06. The molecular weight excluding hydrogens is 368 g/mol. The lowest BCUT2D eigenvalue weighted by Crippen LogP contribution is -2.36. The molecule has 1 saturated heterocycles. The molecule has 0 aliphatic carbocycles. The molecule has 1 aliphatic heterocycles. The summed E-state index contributed by atoms with van der Waals surface area (Å²) < 4.78 is 16.3. The van der Waals surface area contributed by atoms with Gasteiger partial charge in [-0.15, -0.1) is 0 Å². The van der Waals surface area contributed by atoms with Crippen molar-refractivity contribution < 1.29 is 18.7 Å². The Balaban J connectivity index is 1.32. The summed E-state index contributed by atoms with van der Waals surface area (Å²) in [7, 11) is 1.45. The molecule has 1 fully saturated rings. The first-order chi connectivity index (χ1) is 14.2. The minimum Gasteiger partial charge on any atom is -0.487 e. The van der Waals surface area contributed by atoms with Crippen LogP contribution in [0.4, 0.5) is 0 Å². The lowest BCUT2D eigenvalue weighted by atomic mass is 10.2. The number of rotatable bonds is 7. The van der Waals surface area contributed by atoms with Crippen molar-refractivity contribution in [2.75, 3.05) is 13.7 Å². The van der Waals surface area contributed by atoms with Crippen LogP contribution >= 0.6 is 0 Å². The molecular formula is C23H24N2O4. The van der Waals surface area contributed by atoms with Gasteiger partial charge >= 0.3 is 5.97 Å². The van der Waals surface area contributed by atoms with Gasteiger partial charge in [0.25, 0.3) is 0 Å². The lowest BCUT2D eigenvalue weighted by molar-refractivity contribution is -0.146. The van der Waals surface area contributed by atoms with Crippen LogP contribution in [0, 0.1) is 0 Å². The fourth-order valence-electron chi connectivity index (χ4n) is 3.59. The molecule has 0 radical (unpaired) electrons. The largest absolute Gasteiger partial charge is 0.487 e. The number of methoxy groups -OCH3 is 1. The second kappa shape index (κ2) is 8.92. The maximum absolute atomic E-state index is 11.9. The number of likely N-dealkylation sites (tertiary alicyclic amines) is 1. The van der Waals surface area contributed by atoms with Gasteiger partial charge in [0.1, 0.15) is 30.4 Å². The van der Waals surface area contributed by atoms with Gasteiger partial charge in [0.15, 0.2) is 0 Å². The highest BCUT2D eigenvalue weighted by Gasteiger charge is 2.31. The Hall–Kier alpha value is -3.12. The molecule has 0 spiro atoms. The molecule has 6 heteroatoms. The number of carbonyl (C=O) groups excluding carboxylic acids is 1. The average Bonchev–Trinajstić information content (AvgIpc) is 3.43. The molecule has 2 aromatic carbocycles. The van der Waals surface area contributed by atoms with E-state index in [1.807, 2.05) is 54.6 Å². The molecule has 1 aliphatic rings. The number of hydrogen-bond acceptors (Lipinski definition) is 6. The van der Waals surface area contributed by atoms with E-state index in [0.29, 0.717) is 12.5 Å². The van der Waals surface area contributed by atoms with Crippen LogP contribution in [-0.2, 0) is 22.7 Å². The maximum Gasteiger partial charge on any atom is 0.323 e. The summed E-state index contributed by atoms with van der Waals surface area (Å²) in [5.74, 6) is 1.21. The van der Waals surface area contributed by atoms with Gasteiger partial charge in [0.2, 0.25) is 5.89 Å². The second-order valence-corrected chi connectivity index (χ2v) is 7.09. The molecule has 0 amide bonds. The van der Waals surface area contributed by atoms with E-state index in [0.717, 1.165) is 48.5 Å². The Labute approximate surface area is 170 Å². The van der Waals surface area contributed by atoms with E-state index in [1.54, 1.807) is 6.26 Å². The van der Waals surface area contributed by atoms with Crippen LogP contribution in [0.25, 0.3) is 11.5 Å². The molecule has 0 N–H and O–H groups in total. The Morgan fingerprint density at radius 3 is 2.72 bits per heavy atom. The molecule has 150 valence electrons. The zero-order chi connectivity index (χ0) is 20.1. The van der Waals surface area contributed by atoms with Crippen LogP contribution in [0.15, 0.2) is 65.3 Å². The molecule has 1 unspecified atom stereocenters. The van der Waals surface area contributed by atoms with Gasteiger partial charge < -0.3 is 13.9 Å². The van der Waals surface area contributed by atoms with E-state index < -0.39 is 0 Å². The number of benzene rings is 2. The van der Waals surface area contributed by atoms with E-state index in [1.165, 1.54) is 7.11 Å². The van der Waals surface area contributed by atoms with Crippen LogP contribution in [0.5, 0.6) is 5.75 Å². The fourth-order valence-corrected chi connectivity index (χ4v) is 3.59. The summed E-state index contributed by atoms with van der Waals surface area (Å²) in [6.07, 6.45) is 3.50. The lowest BCUT2D eigenvalue weighted by Gasteiger charge is -2.22. The highest BCUT2D eigenvalue weighted by molar-refractivity contribution is 5.76. The highest BCUT2D eigenvalue weighted by atomic mass is 16.5. The van der Waals surface area contributed by atoms with Gasteiger partial charge in [-0.3, -0.25) is 9.69 Å². The zero-order valence-electron chi connectivity index (χ0n) is 16.4. The van der Waals surface area contributed by atoms with Crippen LogP contribution in [-0.4, -0.2) is 35.5 Å². The first kappa shape index (κ1) is 19.2. The normalized spacial score (nSPS) is 16.7. The van der Waals surface area contributed by atoms with E-state index in [2.05, 4.69) is 9.88 Å². The third-order valence-electron chi connectivity index (χ3n) is 5.11. The maximum atomic E-state index is 11.9. The topological polar surface area (TPSA) is 64.8 Å². The molecule has 4 rings (SSSR count). The van der Waals surface area contributed by atoms with E-state index in [4.69, 9.17) is 13.9 Å². The van der Waals surface area contributed by atoms with Crippen molar-refractivity contribution in [1.29, 1.82) is 0 Å². The van der Waals surface area contributed by atoms with Crippen LogP contribution in [0.1, 0.15) is 24.1 Å². The summed E-state index contributed by atoms with van der Waals surface area (Å²) >= 11 is 0. The predicted molar refractivity (Wildman–Crippen MR) is 108 cm³/mol. The number of hydrogen-bond donors (Lipinski definition) is 0. The van der Waals surface area contributed by atoms with Gasteiger partial charge in [-0.2, -0.15) is 0 Å². The van der Waals surface area contributed by atoms with Crippen molar-refractivity contribution >= 4 is 5.97 Å². The summed E-state index contributed by atoms with van der Waals surface area (Å²) in [5, 5.41) is 0. The fraction of sp³-hybridized carbons (Fsp3) is 0.304. The summed E-state index contributed by atoms with van der Waals surface area (Å²) in [4.78, 5) is 18.5. The first-order valence-electron chi connectivity index (χ1n) is 9.76. The number of aromatic nitrogens is 1. The van der Waals surface area contributed by atoms with Crippen LogP contribution < -0.4 is 4.74 Å². The van der Waals surface area contributed by atoms with E-state index >= 15 is 0 Å². The summed E-state index contributed by atoms with van der Waals surface area (Å²) in [6, 6.07) is 17.6. The van der Waals surface area contributed by atoms with Gasteiger partial charge in [0, 0.05) is 12.1 Å². The van der Waals surface area contributed by atoms with Crippen molar-refractivity contribution in [1.82, 2.24) is 9.88 Å². The van der Waals surface area contributed by atoms with Gasteiger partial charge in [-0.05, 0) is 49.2 Å². The zero-order valence-corrected chi connectivity index (χ0v) is 16.4. The molecule has 0 bridgehead atoms. The van der Waals surface area contributed by atoms with Gasteiger partial charge in [-0.25, -0.2) is 4.98 Å². The monoisotopic (exact) mass is 392 g/mol. The smallest absolute Gasteiger partial charge is 0.323 e. The molecule has 1 atom stereocenters. The quantitative estimate of drug-likeness (QED) is 0.565. The average molecular weight is 392 g/mol. The Morgan fingerprint density at radius 1 is 1.17 bits per heavy atom. The van der Waals surface area contributed by atoms with Crippen LogP contribution in [0.2, 0.25) is 0 Å². The molecule has 29 heavy (non-hydrogen) atoms. The van der Waals surface area contributed by atoms with Gasteiger partial charge in [0.05, 0.1) is 7.11 Å². The van der Waals surface area contributed by atoms with Crippen molar-refractivity contribution in [2.24, 2.45) is 0 Å². The Bertz CT molecular complexity index is 937. The number of ether oxygens (including phenoxy) is 2. The SMILES string of the molecule is COC(=O)C1CCCN1Cc1ccc(OCc2coc(-c3ccccc3)n2)cc1. The Kier molecular flexibility index (Phi) is 5.91. The number of carbonyl (C=O) groups is 1. The third kappa shape index (κ3) is 4.66. The van der Waals surface area contributed by atoms with Crippen molar-refractivity contribution in [3.63, 3.8) is 0 Å². The minimum atomic E-state index is -0.148. The minimum absolute atomic E-state index is 0.137. The first-order valence-corrected chi connectivity index (χ1v) is 9.76.